The van der Waals surface area contributed by atoms with Gasteiger partial charge in [0, 0.05) is 19.5 Å². The molecule has 0 spiro atoms. The molecule has 2 atom stereocenters. The van der Waals surface area contributed by atoms with E-state index in [-0.39, 0.29) is 42.7 Å². The molecule has 1 aromatic carbocycles. The molecular formula is C16H22Cl3N3O2. The first kappa shape index (κ1) is 21.0. The van der Waals surface area contributed by atoms with Crippen LogP contribution in [0, 0.1) is 5.92 Å². The van der Waals surface area contributed by atoms with Crippen molar-refractivity contribution in [2.75, 3.05) is 18.9 Å². The zero-order valence-corrected chi connectivity index (χ0v) is 15.8. The van der Waals surface area contributed by atoms with E-state index in [2.05, 4.69) is 5.32 Å². The molecule has 0 heterocycles. The van der Waals surface area contributed by atoms with E-state index < -0.39 is 0 Å². The van der Waals surface area contributed by atoms with Crippen LogP contribution in [-0.4, -0.2) is 36.3 Å². The van der Waals surface area contributed by atoms with Crippen LogP contribution in [0.3, 0.4) is 0 Å². The summed E-state index contributed by atoms with van der Waals surface area (Å²) in [5.74, 6) is -0.203. The van der Waals surface area contributed by atoms with Gasteiger partial charge in [-0.25, -0.2) is 0 Å². The number of carbonyl (C=O) groups excluding carboxylic acids is 2. The number of halogens is 3. The van der Waals surface area contributed by atoms with Gasteiger partial charge < -0.3 is 16.0 Å². The van der Waals surface area contributed by atoms with E-state index in [0.717, 1.165) is 19.3 Å². The van der Waals surface area contributed by atoms with Crippen LogP contribution in [0.15, 0.2) is 18.2 Å². The van der Waals surface area contributed by atoms with Crippen molar-refractivity contribution in [1.82, 2.24) is 4.90 Å². The number of rotatable bonds is 5. The highest BCUT2D eigenvalue weighted by atomic mass is 35.5. The third-order valence-corrected chi connectivity index (χ3v) is 4.82. The fraction of sp³-hybridized carbons (Fsp3) is 0.500. The number of amides is 2. The van der Waals surface area contributed by atoms with Crippen LogP contribution >= 0.6 is 35.6 Å². The van der Waals surface area contributed by atoms with Crippen molar-refractivity contribution in [2.45, 2.75) is 31.7 Å². The summed E-state index contributed by atoms with van der Waals surface area (Å²) in [6, 6.07) is 5.06. The highest BCUT2D eigenvalue weighted by molar-refractivity contribution is 6.39. The third kappa shape index (κ3) is 5.52. The molecule has 0 aromatic heterocycles. The van der Waals surface area contributed by atoms with Crippen LogP contribution in [0.4, 0.5) is 5.69 Å². The quantitative estimate of drug-likeness (QED) is 0.804. The number of anilines is 1. The van der Waals surface area contributed by atoms with E-state index in [1.807, 2.05) is 0 Å². The van der Waals surface area contributed by atoms with Crippen molar-refractivity contribution in [3.63, 3.8) is 0 Å². The molecule has 0 saturated heterocycles. The maximum absolute atomic E-state index is 12.2. The summed E-state index contributed by atoms with van der Waals surface area (Å²) < 4.78 is 0. The van der Waals surface area contributed by atoms with Crippen LogP contribution in [0.5, 0.6) is 0 Å². The number of nitrogens with two attached hydrogens (primary N) is 1. The van der Waals surface area contributed by atoms with Crippen molar-refractivity contribution < 1.29 is 9.59 Å². The molecule has 0 aliphatic heterocycles. The predicted molar refractivity (Wildman–Crippen MR) is 99.9 cm³/mol. The fourth-order valence-corrected chi connectivity index (χ4v) is 3.29. The van der Waals surface area contributed by atoms with Crippen molar-refractivity contribution in [3.8, 4) is 0 Å². The van der Waals surface area contributed by atoms with E-state index in [0.29, 0.717) is 22.2 Å². The molecule has 0 bridgehead atoms. The lowest BCUT2D eigenvalue weighted by Gasteiger charge is -2.21. The number of hydrogen-bond acceptors (Lipinski definition) is 3. The van der Waals surface area contributed by atoms with Gasteiger partial charge in [0.25, 0.3) is 0 Å². The number of hydrogen-bond donors (Lipinski definition) is 2. The van der Waals surface area contributed by atoms with Crippen molar-refractivity contribution in [3.05, 3.63) is 28.2 Å². The first-order valence-corrected chi connectivity index (χ1v) is 8.37. The SMILES string of the molecule is CN(CC(=O)Nc1c(Cl)cccc1Cl)C(=O)C[C@@H]1CCC[C@H]1N.Cl. The Morgan fingerprint density at radius 3 is 2.46 bits per heavy atom. The van der Waals surface area contributed by atoms with Gasteiger partial charge in [-0.05, 0) is 30.9 Å². The minimum atomic E-state index is -0.341. The highest BCUT2D eigenvalue weighted by Crippen LogP contribution is 2.30. The zero-order valence-electron chi connectivity index (χ0n) is 13.4. The molecule has 0 unspecified atom stereocenters. The van der Waals surface area contributed by atoms with Crippen molar-refractivity contribution in [1.29, 1.82) is 0 Å². The van der Waals surface area contributed by atoms with Gasteiger partial charge in [0.15, 0.2) is 0 Å². The lowest BCUT2D eigenvalue weighted by molar-refractivity contribution is -0.134. The summed E-state index contributed by atoms with van der Waals surface area (Å²) in [4.78, 5) is 25.7. The lowest BCUT2D eigenvalue weighted by atomic mass is 9.99. The summed E-state index contributed by atoms with van der Waals surface area (Å²) in [5, 5.41) is 3.36. The Kier molecular flexibility index (Phi) is 8.30. The van der Waals surface area contributed by atoms with E-state index in [4.69, 9.17) is 28.9 Å². The Hall–Kier alpha value is -1.01. The zero-order chi connectivity index (χ0) is 17.0. The summed E-state index contributed by atoms with van der Waals surface area (Å²) >= 11 is 12.0. The summed E-state index contributed by atoms with van der Waals surface area (Å²) in [6.07, 6.45) is 3.39. The van der Waals surface area contributed by atoms with Gasteiger partial charge in [-0.2, -0.15) is 0 Å². The monoisotopic (exact) mass is 393 g/mol. The average molecular weight is 395 g/mol. The van der Waals surface area contributed by atoms with Gasteiger partial charge in [0.05, 0.1) is 22.3 Å². The van der Waals surface area contributed by atoms with Gasteiger partial charge in [-0.3, -0.25) is 9.59 Å². The molecule has 1 aliphatic carbocycles. The topological polar surface area (TPSA) is 75.4 Å². The molecule has 0 radical (unpaired) electrons. The van der Waals surface area contributed by atoms with Crippen molar-refractivity contribution >= 4 is 53.1 Å². The Morgan fingerprint density at radius 1 is 1.29 bits per heavy atom. The Bertz CT molecular complexity index is 578. The molecule has 1 aliphatic rings. The molecule has 1 fully saturated rings. The van der Waals surface area contributed by atoms with Gasteiger partial charge in [-0.1, -0.05) is 35.7 Å². The van der Waals surface area contributed by atoms with Crippen LogP contribution in [0.25, 0.3) is 0 Å². The molecule has 5 nitrogen and oxygen atoms in total. The Morgan fingerprint density at radius 2 is 1.92 bits per heavy atom. The number of likely N-dealkylation sites (N-methyl/N-ethyl adjacent to an activating group) is 1. The highest BCUT2D eigenvalue weighted by Gasteiger charge is 2.27. The molecule has 1 saturated carbocycles. The van der Waals surface area contributed by atoms with E-state index in [1.165, 1.54) is 4.90 Å². The van der Waals surface area contributed by atoms with Gasteiger partial charge in [0.1, 0.15) is 0 Å². The minimum Gasteiger partial charge on any atom is -0.336 e. The van der Waals surface area contributed by atoms with E-state index >= 15 is 0 Å². The summed E-state index contributed by atoms with van der Waals surface area (Å²) in [6.45, 7) is -0.0532. The second-order valence-corrected chi connectivity index (χ2v) is 6.77. The number of nitrogens with zero attached hydrogens (tertiary/aromatic N) is 1. The van der Waals surface area contributed by atoms with Crippen LogP contribution in [0.1, 0.15) is 25.7 Å². The molecule has 2 rings (SSSR count). The third-order valence-electron chi connectivity index (χ3n) is 4.19. The predicted octanol–water partition coefficient (Wildman–Crippen LogP) is 3.33. The largest absolute Gasteiger partial charge is 0.336 e. The van der Waals surface area contributed by atoms with Crippen LogP contribution in [0.2, 0.25) is 10.0 Å². The second-order valence-electron chi connectivity index (χ2n) is 5.95. The van der Waals surface area contributed by atoms with Gasteiger partial charge in [-0.15, -0.1) is 12.4 Å². The first-order chi connectivity index (χ1) is 10.9. The molecule has 3 N–H and O–H groups in total. The first-order valence-electron chi connectivity index (χ1n) is 7.62. The maximum atomic E-state index is 12.2. The fourth-order valence-electron chi connectivity index (χ4n) is 2.80. The molecule has 8 heteroatoms. The Labute approximate surface area is 158 Å². The summed E-state index contributed by atoms with van der Waals surface area (Å²) in [7, 11) is 1.61. The number of benzene rings is 1. The van der Waals surface area contributed by atoms with Crippen LogP contribution in [-0.2, 0) is 9.59 Å². The van der Waals surface area contributed by atoms with Crippen LogP contribution < -0.4 is 11.1 Å². The molecule has 2 amide bonds. The standard InChI is InChI=1S/C16H21Cl2N3O2.ClH/c1-21(15(23)8-10-4-2-7-13(10)19)9-14(22)20-16-11(17)5-3-6-12(16)18;/h3,5-6,10,13H,2,4,7-9,19H2,1H3,(H,20,22);1H/t10-,13+;/m0./s1. The van der Waals surface area contributed by atoms with Gasteiger partial charge >= 0.3 is 0 Å². The second kappa shape index (κ2) is 9.47. The normalized spacial score (nSPS) is 19.5. The number of carbonyl (C=O) groups is 2. The molecular weight excluding hydrogens is 373 g/mol. The molecule has 24 heavy (non-hydrogen) atoms. The average Bonchev–Trinajstić information content (AvgIpc) is 2.88. The lowest BCUT2D eigenvalue weighted by Crippen LogP contribution is -2.37. The number of nitrogens with one attached hydrogen (secondary N) is 1. The van der Waals surface area contributed by atoms with E-state index in [1.54, 1.807) is 25.2 Å². The Balaban J connectivity index is 0.00000288. The number of para-hydroxylation sites is 1. The van der Waals surface area contributed by atoms with Crippen molar-refractivity contribution in [2.24, 2.45) is 11.7 Å². The smallest absolute Gasteiger partial charge is 0.244 e. The minimum absolute atomic E-state index is 0. The molecule has 1 aromatic rings. The molecule has 134 valence electrons. The van der Waals surface area contributed by atoms with E-state index in [9.17, 15) is 9.59 Å². The van der Waals surface area contributed by atoms with Gasteiger partial charge in [0.2, 0.25) is 11.8 Å². The maximum Gasteiger partial charge on any atom is 0.244 e. The summed E-state index contributed by atoms with van der Waals surface area (Å²) in [5.41, 5.74) is 6.35.